The van der Waals surface area contributed by atoms with Crippen LogP contribution in [0.5, 0.6) is 0 Å². The molecule has 18 heteroatoms. The molecule has 0 aliphatic rings. The molecule has 0 saturated carbocycles. The minimum absolute atomic E-state index is 0.161. The Kier molecular flexibility index (Phi) is 7.02. The molecule has 0 radical (unpaired) electrons. The van der Waals surface area contributed by atoms with Gasteiger partial charge in [0.15, 0.2) is 5.82 Å². The largest absolute Gasteiger partial charge is 0.502 e. The summed E-state index contributed by atoms with van der Waals surface area (Å²) in [6.45, 7) is 1.20. The van der Waals surface area contributed by atoms with Crippen LogP contribution < -0.4 is 5.32 Å². The maximum atomic E-state index is 13.1. The zero-order chi connectivity index (χ0) is 28.0. The molecule has 3 aromatic rings. The molecule has 1 unspecified atom stereocenters. The summed E-state index contributed by atoms with van der Waals surface area (Å²) in [5.74, 6) is -1.75. The molecule has 2 aromatic heterocycles. The van der Waals surface area contributed by atoms with E-state index < -0.39 is 61.2 Å². The number of alkyl halides is 9. The Morgan fingerprint density at radius 2 is 1.46 bits per heavy atom. The Morgan fingerprint density at radius 3 is 1.97 bits per heavy atom. The summed E-state index contributed by atoms with van der Waals surface area (Å²) >= 11 is 0. The Bertz CT molecular complexity index is 1400. The molecule has 2 heterocycles. The van der Waals surface area contributed by atoms with Crippen LogP contribution in [-0.2, 0) is 22.2 Å². The topological polar surface area (TPSA) is 107 Å². The first kappa shape index (κ1) is 27.9. The molecule has 1 N–H and O–H groups in total. The van der Waals surface area contributed by atoms with E-state index >= 15 is 0 Å². The highest BCUT2D eigenvalue weighted by Gasteiger charge is 2.47. The molecule has 1 atom stereocenters. The van der Waals surface area contributed by atoms with E-state index in [2.05, 4.69) is 20.4 Å². The van der Waals surface area contributed by atoms with Gasteiger partial charge in [0, 0.05) is 18.0 Å². The van der Waals surface area contributed by atoms with Crippen LogP contribution in [0.4, 0.5) is 39.5 Å². The van der Waals surface area contributed by atoms with Gasteiger partial charge >= 0.3 is 17.9 Å². The van der Waals surface area contributed by atoms with Crippen molar-refractivity contribution in [2.45, 2.75) is 35.7 Å². The fourth-order valence-corrected chi connectivity index (χ4v) is 3.64. The second kappa shape index (κ2) is 9.31. The Balaban J connectivity index is 1.96. The van der Waals surface area contributed by atoms with Crippen LogP contribution in [-0.4, -0.2) is 39.6 Å². The highest BCUT2D eigenvalue weighted by atomic mass is 32.2. The quantitative estimate of drug-likeness (QED) is 0.461. The van der Waals surface area contributed by atoms with E-state index in [0.29, 0.717) is 17.1 Å². The smallest absolute Gasteiger partial charge is 0.344 e. The van der Waals surface area contributed by atoms with Crippen molar-refractivity contribution >= 4 is 15.7 Å². The molecule has 0 fully saturated rings. The van der Waals surface area contributed by atoms with E-state index in [1.165, 1.54) is 6.92 Å². The second-order valence-corrected chi connectivity index (χ2v) is 9.27. The average molecular weight is 561 g/mol. The van der Waals surface area contributed by atoms with Crippen molar-refractivity contribution in [3.05, 3.63) is 65.4 Å². The molecule has 37 heavy (non-hydrogen) atoms. The van der Waals surface area contributed by atoms with Gasteiger partial charge in [-0.1, -0.05) is 0 Å². The number of hydrogen-bond donors (Lipinski definition) is 1. The Hall–Kier alpha value is -3.70. The number of carbonyl (C=O) groups excluding carboxylic acids is 1. The van der Waals surface area contributed by atoms with Crippen LogP contribution in [0.15, 0.2) is 47.9 Å². The molecule has 200 valence electrons. The van der Waals surface area contributed by atoms with Crippen LogP contribution in [0.3, 0.4) is 0 Å². The summed E-state index contributed by atoms with van der Waals surface area (Å²) in [5.41, 5.74) is -10.3. The van der Waals surface area contributed by atoms with Crippen molar-refractivity contribution < 1.29 is 52.7 Å². The van der Waals surface area contributed by atoms with E-state index in [0.717, 1.165) is 12.4 Å². The van der Waals surface area contributed by atoms with Crippen molar-refractivity contribution in [1.29, 1.82) is 0 Å². The maximum absolute atomic E-state index is 13.1. The number of nitrogens with zero attached hydrogens (tertiary/aromatic N) is 4. The van der Waals surface area contributed by atoms with Gasteiger partial charge in [0.1, 0.15) is 10.6 Å². The number of carbonyl (C=O) groups is 1. The van der Waals surface area contributed by atoms with Gasteiger partial charge in [-0.3, -0.25) is 9.78 Å². The van der Waals surface area contributed by atoms with Gasteiger partial charge in [-0.2, -0.15) is 44.6 Å². The van der Waals surface area contributed by atoms with Crippen LogP contribution in [0.1, 0.15) is 40.1 Å². The molecule has 8 nitrogen and oxygen atoms in total. The first-order valence-corrected chi connectivity index (χ1v) is 11.1. The highest BCUT2D eigenvalue weighted by Crippen LogP contribution is 2.36. The van der Waals surface area contributed by atoms with E-state index in [-0.39, 0.29) is 29.7 Å². The number of rotatable bonds is 5. The molecular weight excluding hydrogens is 549 g/mol. The van der Waals surface area contributed by atoms with Crippen LogP contribution in [0.25, 0.3) is 5.82 Å². The van der Waals surface area contributed by atoms with E-state index in [4.69, 9.17) is 0 Å². The Labute approximate surface area is 201 Å². The SMILES string of the molecule is CC(NC(=O)c1cc(C(F)(F)F)cc(C(F)(F)F)c1)c1nccnc1-n1cc(S(=O)(=O)C(F)(F)F)cn1. The van der Waals surface area contributed by atoms with Gasteiger partial charge in [-0.25, -0.2) is 18.1 Å². The molecule has 0 spiro atoms. The van der Waals surface area contributed by atoms with Crippen molar-refractivity contribution in [3.8, 4) is 5.82 Å². The monoisotopic (exact) mass is 561 g/mol. The van der Waals surface area contributed by atoms with Gasteiger partial charge in [-0.15, -0.1) is 0 Å². The third kappa shape index (κ3) is 5.83. The molecule has 0 bridgehead atoms. The number of sulfone groups is 1. The molecule has 0 aliphatic carbocycles. The van der Waals surface area contributed by atoms with Gasteiger partial charge < -0.3 is 5.32 Å². The lowest BCUT2D eigenvalue weighted by atomic mass is 10.0. The standard InChI is InChI=1S/C19H12F9N5O3S/c1-9(32-16(34)10-4-11(17(20,21)22)6-12(5-10)18(23,24)25)14-15(30-3-2-29-14)33-8-13(7-31-33)37(35,36)19(26,27)28/h2-9H,1H3,(H,32,34). The third-order valence-corrected chi connectivity index (χ3v) is 6.15. The van der Waals surface area contributed by atoms with Crippen molar-refractivity contribution in [3.63, 3.8) is 0 Å². The lowest BCUT2D eigenvalue weighted by Gasteiger charge is -2.18. The van der Waals surface area contributed by atoms with Crippen molar-refractivity contribution in [2.24, 2.45) is 0 Å². The first-order valence-electron chi connectivity index (χ1n) is 9.60. The maximum Gasteiger partial charge on any atom is 0.502 e. The van der Waals surface area contributed by atoms with E-state index in [1.807, 2.05) is 0 Å². The number of hydrogen-bond acceptors (Lipinski definition) is 6. The summed E-state index contributed by atoms with van der Waals surface area (Å²) < 4.78 is 141. The molecule has 0 aliphatic heterocycles. The number of nitrogens with one attached hydrogen (secondary N) is 1. The number of benzene rings is 1. The van der Waals surface area contributed by atoms with E-state index in [1.54, 1.807) is 0 Å². The summed E-state index contributed by atoms with van der Waals surface area (Å²) in [6.07, 6.45) is -7.46. The van der Waals surface area contributed by atoms with Crippen LogP contribution in [0, 0.1) is 0 Å². The lowest BCUT2D eigenvalue weighted by molar-refractivity contribution is -0.143. The number of halogens is 9. The number of amides is 1. The summed E-state index contributed by atoms with van der Waals surface area (Å²) in [5, 5.41) is 5.62. The molecule has 1 amide bonds. The molecule has 3 rings (SSSR count). The normalized spacial score (nSPS) is 13.9. The van der Waals surface area contributed by atoms with E-state index in [9.17, 15) is 52.7 Å². The summed E-state index contributed by atoms with van der Waals surface area (Å²) in [4.78, 5) is 19.0. The van der Waals surface area contributed by atoms with Crippen LogP contribution in [0.2, 0.25) is 0 Å². The molecule has 0 saturated heterocycles. The lowest BCUT2D eigenvalue weighted by Crippen LogP contribution is -2.29. The summed E-state index contributed by atoms with van der Waals surface area (Å²) in [7, 11) is -5.77. The number of aromatic nitrogens is 4. The first-order chi connectivity index (χ1) is 16.8. The predicted octanol–water partition coefficient (Wildman–Crippen LogP) is 4.48. The van der Waals surface area contributed by atoms with Gasteiger partial charge in [-0.05, 0) is 25.1 Å². The van der Waals surface area contributed by atoms with Crippen molar-refractivity contribution in [1.82, 2.24) is 25.1 Å². The molecular formula is C19H12F9N5O3S. The van der Waals surface area contributed by atoms with Gasteiger partial charge in [0.05, 0.1) is 29.6 Å². The fourth-order valence-electron chi connectivity index (χ4n) is 2.95. The zero-order valence-electron chi connectivity index (χ0n) is 17.9. The third-order valence-electron chi connectivity index (χ3n) is 4.70. The minimum Gasteiger partial charge on any atom is -0.344 e. The summed E-state index contributed by atoms with van der Waals surface area (Å²) in [6, 6.07) is -1.05. The van der Waals surface area contributed by atoms with Crippen LogP contribution >= 0.6 is 0 Å². The molecule has 1 aromatic carbocycles. The average Bonchev–Trinajstić information content (AvgIpc) is 3.27. The van der Waals surface area contributed by atoms with Gasteiger partial charge in [0.25, 0.3) is 15.7 Å². The predicted molar refractivity (Wildman–Crippen MR) is 105 cm³/mol. The Morgan fingerprint density at radius 1 is 0.919 bits per heavy atom. The second-order valence-electron chi connectivity index (χ2n) is 7.32. The van der Waals surface area contributed by atoms with Crippen molar-refractivity contribution in [2.75, 3.05) is 0 Å². The zero-order valence-corrected chi connectivity index (χ0v) is 18.8. The van der Waals surface area contributed by atoms with Gasteiger partial charge in [0.2, 0.25) is 0 Å². The fraction of sp³-hybridized carbons (Fsp3) is 0.263. The minimum atomic E-state index is -5.77. The highest BCUT2D eigenvalue weighted by molar-refractivity contribution is 7.92.